The number of hydrogen-bond donors (Lipinski definition) is 1. The van der Waals surface area contributed by atoms with E-state index >= 15 is 0 Å². The molecule has 1 amide bonds. The van der Waals surface area contributed by atoms with Gasteiger partial charge in [-0.15, -0.1) is 13.2 Å². The fourth-order valence-corrected chi connectivity index (χ4v) is 1.85. The maximum Gasteiger partial charge on any atom is 0.573 e. The predicted octanol–water partition coefficient (Wildman–Crippen LogP) is 3.86. The molecule has 130 valence electrons. The molecule has 25 heavy (non-hydrogen) atoms. The normalized spacial score (nSPS) is 12.0. The fraction of sp³-hybridized carbons (Fsp3) is 0.176. The van der Waals surface area contributed by atoms with Crippen LogP contribution < -0.4 is 14.8 Å². The highest BCUT2D eigenvalue weighted by molar-refractivity contribution is 5.94. The van der Waals surface area contributed by atoms with Crippen molar-refractivity contribution in [1.29, 1.82) is 5.26 Å². The summed E-state index contributed by atoms with van der Waals surface area (Å²) in [5, 5.41) is 11.2. The maximum absolute atomic E-state index is 12.1. The van der Waals surface area contributed by atoms with Gasteiger partial charge in [-0.1, -0.05) is 0 Å². The molecule has 1 N–H and O–H groups in total. The van der Waals surface area contributed by atoms with E-state index in [2.05, 4.69) is 10.1 Å². The average Bonchev–Trinajstić information content (AvgIpc) is 2.56. The van der Waals surface area contributed by atoms with E-state index in [-0.39, 0.29) is 5.75 Å². The van der Waals surface area contributed by atoms with Gasteiger partial charge in [-0.3, -0.25) is 4.79 Å². The van der Waals surface area contributed by atoms with Gasteiger partial charge in [0.1, 0.15) is 11.5 Å². The molecule has 0 aliphatic heterocycles. The standard InChI is InChI=1S/C17H13F3N2O3/c1-11(24-14-6-2-12(10-21)3-7-14)16(23)22-13-4-8-15(9-5-13)25-17(18,19)20/h2-9,11H,1H3,(H,22,23)/t11-/m1/s1. The van der Waals surface area contributed by atoms with Crippen molar-refractivity contribution >= 4 is 11.6 Å². The van der Waals surface area contributed by atoms with Gasteiger partial charge in [-0.25, -0.2) is 0 Å². The fourth-order valence-electron chi connectivity index (χ4n) is 1.85. The zero-order valence-corrected chi connectivity index (χ0v) is 13.0. The van der Waals surface area contributed by atoms with Gasteiger partial charge < -0.3 is 14.8 Å². The lowest BCUT2D eigenvalue weighted by Gasteiger charge is -2.15. The van der Waals surface area contributed by atoms with E-state index in [1.165, 1.54) is 19.1 Å². The van der Waals surface area contributed by atoms with Crippen molar-refractivity contribution in [3.05, 3.63) is 54.1 Å². The average molecular weight is 350 g/mol. The Kier molecular flexibility index (Phi) is 5.49. The number of ether oxygens (including phenoxy) is 2. The lowest BCUT2D eigenvalue weighted by Crippen LogP contribution is -2.30. The predicted molar refractivity (Wildman–Crippen MR) is 83.0 cm³/mol. The molecule has 2 rings (SSSR count). The van der Waals surface area contributed by atoms with E-state index in [1.54, 1.807) is 24.3 Å². The number of carbonyl (C=O) groups excluding carboxylic acids is 1. The third-order valence-corrected chi connectivity index (χ3v) is 3.02. The number of alkyl halides is 3. The zero-order valence-electron chi connectivity index (χ0n) is 13.0. The van der Waals surface area contributed by atoms with Crippen LogP contribution in [-0.4, -0.2) is 18.4 Å². The Balaban J connectivity index is 1.93. The molecule has 1 atom stereocenters. The lowest BCUT2D eigenvalue weighted by atomic mass is 10.2. The number of halogens is 3. The van der Waals surface area contributed by atoms with E-state index in [9.17, 15) is 18.0 Å². The molecule has 0 aromatic heterocycles. The summed E-state index contributed by atoms with van der Waals surface area (Å²) < 4.78 is 45.4. The molecule has 0 saturated heterocycles. The molecule has 2 aromatic carbocycles. The first-order valence-electron chi connectivity index (χ1n) is 7.10. The van der Waals surface area contributed by atoms with E-state index in [4.69, 9.17) is 10.00 Å². The second-order valence-electron chi connectivity index (χ2n) is 4.96. The quantitative estimate of drug-likeness (QED) is 0.889. The van der Waals surface area contributed by atoms with E-state index in [1.807, 2.05) is 6.07 Å². The number of nitrogens with one attached hydrogen (secondary N) is 1. The van der Waals surface area contributed by atoms with Gasteiger partial charge in [0.25, 0.3) is 5.91 Å². The largest absolute Gasteiger partial charge is 0.573 e. The molecule has 0 unspecified atom stereocenters. The van der Waals surface area contributed by atoms with Crippen LogP contribution in [0.2, 0.25) is 0 Å². The summed E-state index contributed by atoms with van der Waals surface area (Å²) in [6, 6.07) is 13.0. The second kappa shape index (κ2) is 7.57. The number of amides is 1. The van der Waals surface area contributed by atoms with Gasteiger partial charge in [0, 0.05) is 5.69 Å². The van der Waals surface area contributed by atoms with Gasteiger partial charge in [-0.2, -0.15) is 5.26 Å². The minimum absolute atomic E-state index is 0.301. The minimum atomic E-state index is -4.77. The molecular formula is C17H13F3N2O3. The van der Waals surface area contributed by atoms with Crippen molar-refractivity contribution in [2.45, 2.75) is 19.4 Å². The summed E-state index contributed by atoms with van der Waals surface area (Å²) >= 11 is 0. The summed E-state index contributed by atoms with van der Waals surface area (Å²) in [6.45, 7) is 1.52. The Morgan fingerprint density at radius 2 is 1.64 bits per heavy atom. The second-order valence-corrected chi connectivity index (χ2v) is 4.96. The smallest absolute Gasteiger partial charge is 0.481 e. The zero-order chi connectivity index (χ0) is 18.4. The molecule has 8 heteroatoms. The summed E-state index contributed by atoms with van der Waals surface area (Å²) in [7, 11) is 0. The van der Waals surface area contributed by atoms with Gasteiger partial charge in [0.2, 0.25) is 0 Å². The van der Waals surface area contributed by atoms with Crippen molar-refractivity contribution in [3.8, 4) is 17.6 Å². The monoisotopic (exact) mass is 350 g/mol. The molecule has 0 fully saturated rings. The van der Waals surface area contributed by atoms with Crippen LogP contribution in [0.3, 0.4) is 0 Å². The number of rotatable bonds is 5. The van der Waals surface area contributed by atoms with Gasteiger partial charge >= 0.3 is 6.36 Å². The van der Waals surface area contributed by atoms with Crippen molar-refractivity contribution in [3.63, 3.8) is 0 Å². The molecule has 2 aromatic rings. The molecule has 0 heterocycles. The van der Waals surface area contributed by atoms with E-state index in [0.29, 0.717) is 17.0 Å². The first kappa shape index (κ1) is 18.1. The lowest BCUT2D eigenvalue weighted by molar-refractivity contribution is -0.274. The van der Waals surface area contributed by atoms with Crippen LogP contribution in [0.15, 0.2) is 48.5 Å². The van der Waals surface area contributed by atoms with Crippen molar-refractivity contribution in [2.24, 2.45) is 0 Å². The Morgan fingerprint density at radius 3 is 2.16 bits per heavy atom. The van der Waals surface area contributed by atoms with Crippen LogP contribution >= 0.6 is 0 Å². The van der Waals surface area contributed by atoms with Crippen LogP contribution in [0.4, 0.5) is 18.9 Å². The molecule has 0 spiro atoms. The van der Waals surface area contributed by atoms with Crippen LogP contribution in [0.25, 0.3) is 0 Å². The molecule has 0 bridgehead atoms. The number of carbonyl (C=O) groups is 1. The molecule has 5 nitrogen and oxygen atoms in total. The first-order chi connectivity index (χ1) is 11.8. The van der Waals surface area contributed by atoms with Crippen LogP contribution in [0, 0.1) is 11.3 Å². The third kappa shape index (κ3) is 5.73. The van der Waals surface area contributed by atoms with Gasteiger partial charge in [0.05, 0.1) is 11.6 Å². The van der Waals surface area contributed by atoms with Crippen molar-refractivity contribution in [1.82, 2.24) is 0 Å². The Hall–Kier alpha value is -3.21. The van der Waals surface area contributed by atoms with Crippen molar-refractivity contribution < 1.29 is 27.4 Å². The summed E-state index contributed by atoms with van der Waals surface area (Å²) in [6.07, 6.45) is -5.62. The van der Waals surface area contributed by atoms with E-state index in [0.717, 1.165) is 12.1 Å². The summed E-state index contributed by atoms with van der Waals surface area (Å²) in [5.41, 5.74) is 0.764. The highest BCUT2D eigenvalue weighted by Gasteiger charge is 2.31. The topological polar surface area (TPSA) is 71.3 Å². The molecule has 0 aliphatic rings. The van der Waals surface area contributed by atoms with Gasteiger partial charge in [0.15, 0.2) is 6.10 Å². The number of nitriles is 1. The summed E-state index contributed by atoms with van der Waals surface area (Å²) in [5.74, 6) is -0.447. The number of nitrogens with zero attached hydrogens (tertiary/aromatic N) is 1. The van der Waals surface area contributed by atoms with Crippen LogP contribution in [0.5, 0.6) is 11.5 Å². The third-order valence-electron chi connectivity index (χ3n) is 3.02. The van der Waals surface area contributed by atoms with E-state index < -0.39 is 18.4 Å². The van der Waals surface area contributed by atoms with Crippen LogP contribution in [0.1, 0.15) is 12.5 Å². The van der Waals surface area contributed by atoms with Crippen molar-refractivity contribution in [2.75, 3.05) is 5.32 Å². The Labute approximate surface area is 141 Å². The highest BCUT2D eigenvalue weighted by Crippen LogP contribution is 2.24. The molecular weight excluding hydrogens is 337 g/mol. The number of anilines is 1. The minimum Gasteiger partial charge on any atom is -0.481 e. The Morgan fingerprint density at radius 1 is 1.08 bits per heavy atom. The first-order valence-corrected chi connectivity index (χ1v) is 7.10. The molecule has 0 saturated carbocycles. The number of benzene rings is 2. The Bertz CT molecular complexity index is 766. The van der Waals surface area contributed by atoms with Crippen LogP contribution in [-0.2, 0) is 4.79 Å². The number of hydrogen-bond acceptors (Lipinski definition) is 4. The summed E-state index contributed by atoms with van der Waals surface area (Å²) in [4.78, 5) is 12.1. The molecule has 0 radical (unpaired) electrons. The SMILES string of the molecule is C[C@@H](Oc1ccc(C#N)cc1)C(=O)Nc1ccc(OC(F)(F)F)cc1. The maximum atomic E-state index is 12.1. The van der Waals surface area contributed by atoms with Gasteiger partial charge in [-0.05, 0) is 55.5 Å². The molecule has 0 aliphatic carbocycles. The highest BCUT2D eigenvalue weighted by atomic mass is 19.4.